The van der Waals surface area contributed by atoms with Gasteiger partial charge in [-0.3, -0.25) is 9.78 Å². The summed E-state index contributed by atoms with van der Waals surface area (Å²) in [6.45, 7) is 0. The summed E-state index contributed by atoms with van der Waals surface area (Å²) in [6, 6.07) is 8.38. The van der Waals surface area contributed by atoms with Crippen LogP contribution in [-0.2, 0) is 6.42 Å². The average molecular weight is 320 g/mol. The standard InChI is InChI=1S/C15H11BrFNO/c16-10-4-6-11(13(17)8-10)15(19)12-5-3-9-2-1-7-18-14(9)12/h1-2,4,6-8,12H,3,5H2. The van der Waals surface area contributed by atoms with Crippen LogP contribution in [0.2, 0.25) is 0 Å². The lowest BCUT2D eigenvalue weighted by molar-refractivity contribution is 0.0954. The Morgan fingerprint density at radius 2 is 2.21 bits per heavy atom. The lowest BCUT2D eigenvalue weighted by Crippen LogP contribution is -2.13. The number of pyridine rings is 1. The number of Topliss-reactive ketones (excluding diaryl/α,β-unsaturated/α-hetero) is 1. The van der Waals surface area contributed by atoms with Gasteiger partial charge in [0.15, 0.2) is 5.78 Å². The van der Waals surface area contributed by atoms with Gasteiger partial charge in [-0.05, 0) is 42.7 Å². The molecular formula is C15H11BrFNO. The Hall–Kier alpha value is -1.55. The SMILES string of the molecule is O=C(c1ccc(Br)cc1F)C1CCc2cccnc21. The van der Waals surface area contributed by atoms with Crippen LogP contribution < -0.4 is 0 Å². The molecule has 4 heteroatoms. The average Bonchev–Trinajstić information content (AvgIpc) is 2.82. The van der Waals surface area contributed by atoms with Crippen molar-refractivity contribution in [2.75, 3.05) is 0 Å². The highest BCUT2D eigenvalue weighted by atomic mass is 79.9. The zero-order valence-electron chi connectivity index (χ0n) is 10.1. The lowest BCUT2D eigenvalue weighted by atomic mass is 9.95. The minimum absolute atomic E-state index is 0.145. The van der Waals surface area contributed by atoms with Gasteiger partial charge in [0.1, 0.15) is 5.82 Å². The molecule has 1 heterocycles. The number of hydrogen-bond acceptors (Lipinski definition) is 2. The molecule has 1 aromatic heterocycles. The third-order valence-electron chi connectivity index (χ3n) is 3.47. The first-order chi connectivity index (χ1) is 9.16. The minimum atomic E-state index is -0.483. The number of aryl methyl sites for hydroxylation is 1. The van der Waals surface area contributed by atoms with Crippen molar-refractivity contribution in [3.63, 3.8) is 0 Å². The van der Waals surface area contributed by atoms with E-state index >= 15 is 0 Å². The molecule has 3 rings (SSSR count). The Morgan fingerprint density at radius 1 is 1.37 bits per heavy atom. The number of ketones is 1. The van der Waals surface area contributed by atoms with Crippen molar-refractivity contribution in [1.82, 2.24) is 4.98 Å². The number of benzene rings is 1. The Balaban J connectivity index is 1.98. The smallest absolute Gasteiger partial charge is 0.174 e. The van der Waals surface area contributed by atoms with Crippen LogP contribution in [0.5, 0.6) is 0 Å². The molecule has 0 bridgehead atoms. The van der Waals surface area contributed by atoms with Gasteiger partial charge in [0, 0.05) is 10.7 Å². The number of carbonyl (C=O) groups is 1. The summed E-state index contributed by atoms with van der Waals surface area (Å²) in [6.07, 6.45) is 3.22. The first-order valence-corrected chi connectivity index (χ1v) is 6.89. The molecule has 0 saturated heterocycles. The van der Waals surface area contributed by atoms with E-state index < -0.39 is 5.82 Å². The number of aromatic nitrogens is 1. The predicted molar refractivity (Wildman–Crippen MR) is 73.7 cm³/mol. The van der Waals surface area contributed by atoms with Gasteiger partial charge in [-0.2, -0.15) is 0 Å². The van der Waals surface area contributed by atoms with E-state index in [2.05, 4.69) is 20.9 Å². The normalized spacial score (nSPS) is 17.3. The first kappa shape index (κ1) is 12.5. The van der Waals surface area contributed by atoms with E-state index in [9.17, 15) is 9.18 Å². The number of nitrogens with zero attached hydrogens (tertiary/aromatic N) is 1. The second-order valence-corrected chi connectivity index (χ2v) is 5.54. The van der Waals surface area contributed by atoms with E-state index in [4.69, 9.17) is 0 Å². The maximum atomic E-state index is 13.9. The summed E-state index contributed by atoms with van der Waals surface area (Å²) in [5, 5.41) is 0. The van der Waals surface area contributed by atoms with Crippen molar-refractivity contribution in [2.24, 2.45) is 0 Å². The van der Waals surface area contributed by atoms with Crippen molar-refractivity contribution >= 4 is 21.7 Å². The van der Waals surface area contributed by atoms with E-state index in [0.717, 1.165) is 17.7 Å². The molecule has 2 nitrogen and oxygen atoms in total. The summed E-state index contributed by atoms with van der Waals surface area (Å²) >= 11 is 3.19. The Morgan fingerprint density at radius 3 is 3.00 bits per heavy atom. The fourth-order valence-electron chi connectivity index (χ4n) is 2.54. The van der Waals surface area contributed by atoms with E-state index in [0.29, 0.717) is 10.9 Å². The van der Waals surface area contributed by atoms with Gasteiger partial charge < -0.3 is 0 Å². The molecule has 1 atom stereocenters. The Kier molecular flexibility index (Phi) is 3.19. The summed E-state index contributed by atoms with van der Waals surface area (Å²) < 4.78 is 14.5. The van der Waals surface area contributed by atoms with Crippen molar-refractivity contribution in [3.05, 3.63) is 63.6 Å². The predicted octanol–water partition coefficient (Wildman–Crippen LogP) is 3.90. The van der Waals surface area contributed by atoms with Crippen LogP contribution in [-0.4, -0.2) is 10.8 Å². The quantitative estimate of drug-likeness (QED) is 0.786. The van der Waals surface area contributed by atoms with E-state index in [1.165, 1.54) is 12.1 Å². The number of carbonyl (C=O) groups excluding carboxylic acids is 1. The third-order valence-corrected chi connectivity index (χ3v) is 3.96. The first-order valence-electron chi connectivity index (χ1n) is 6.10. The summed E-state index contributed by atoms with van der Waals surface area (Å²) in [5.74, 6) is -0.974. The minimum Gasteiger partial charge on any atom is -0.293 e. The molecule has 1 aliphatic rings. The van der Waals surface area contributed by atoms with Gasteiger partial charge in [0.25, 0.3) is 0 Å². The van der Waals surface area contributed by atoms with Gasteiger partial charge >= 0.3 is 0 Å². The fourth-order valence-corrected chi connectivity index (χ4v) is 2.88. The Labute approximate surface area is 118 Å². The molecular weight excluding hydrogens is 309 g/mol. The highest BCUT2D eigenvalue weighted by Crippen LogP contribution is 2.34. The fraction of sp³-hybridized carbons (Fsp3) is 0.200. The van der Waals surface area contributed by atoms with Gasteiger partial charge in [0.05, 0.1) is 17.2 Å². The van der Waals surface area contributed by atoms with Crippen LogP contribution in [0.1, 0.15) is 34.0 Å². The number of hydrogen-bond donors (Lipinski definition) is 0. The van der Waals surface area contributed by atoms with Crippen LogP contribution >= 0.6 is 15.9 Å². The zero-order valence-corrected chi connectivity index (χ0v) is 11.7. The Bertz CT molecular complexity index is 656. The van der Waals surface area contributed by atoms with Crippen LogP contribution in [0.15, 0.2) is 41.0 Å². The van der Waals surface area contributed by atoms with Gasteiger partial charge in [0.2, 0.25) is 0 Å². The molecule has 0 N–H and O–H groups in total. The second kappa shape index (κ2) is 4.85. The van der Waals surface area contributed by atoms with Crippen molar-refractivity contribution < 1.29 is 9.18 Å². The van der Waals surface area contributed by atoms with E-state index in [1.54, 1.807) is 12.3 Å². The monoisotopic (exact) mass is 319 g/mol. The highest BCUT2D eigenvalue weighted by molar-refractivity contribution is 9.10. The molecule has 19 heavy (non-hydrogen) atoms. The highest BCUT2D eigenvalue weighted by Gasteiger charge is 2.31. The van der Waals surface area contributed by atoms with Gasteiger partial charge in [-0.25, -0.2) is 4.39 Å². The molecule has 1 unspecified atom stereocenters. The molecule has 96 valence electrons. The molecule has 1 aromatic carbocycles. The zero-order chi connectivity index (χ0) is 13.4. The van der Waals surface area contributed by atoms with Crippen LogP contribution in [0.25, 0.3) is 0 Å². The van der Waals surface area contributed by atoms with Gasteiger partial charge in [-0.15, -0.1) is 0 Å². The van der Waals surface area contributed by atoms with Crippen LogP contribution in [0.4, 0.5) is 4.39 Å². The second-order valence-electron chi connectivity index (χ2n) is 4.63. The molecule has 0 spiro atoms. The third kappa shape index (κ3) is 2.21. The lowest BCUT2D eigenvalue weighted by Gasteiger charge is -2.10. The summed E-state index contributed by atoms with van der Waals surface area (Å²) in [7, 11) is 0. The molecule has 0 aliphatic heterocycles. The topological polar surface area (TPSA) is 30.0 Å². The van der Waals surface area contributed by atoms with E-state index in [-0.39, 0.29) is 17.3 Å². The molecule has 0 saturated carbocycles. The number of halogens is 2. The molecule has 0 fully saturated rings. The van der Waals surface area contributed by atoms with Crippen LogP contribution in [0.3, 0.4) is 0 Å². The van der Waals surface area contributed by atoms with Crippen molar-refractivity contribution in [3.8, 4) is 0 Å². The summed E-state index contributed by atoms with van der Waals surface area (Å²) in [4.78, 5) is 16.7. The van der Waals surface area contributed by atoms with E-state index in [1.807, 2.05) is 12.1 Å². The maximum Gasteiger partial charge on any atom is 0.174 e. The molecule has 0 radical (unpaired) electrons. The number of fused-ring (bicyclic) bond motifs is 1. The van der Waals surface area contributed by atoms with Crippen molar-refractivity contribution in [1.29, 1.82) is 0 Å². The number of rotatable bonds is 2. The molecule has 2 aromatic rings. The van der Waals surface area contributed by atoms with Crippen LogP contribution in [0, 0.1) is 5.82 Å². The summed E-state index contributed by atoms with van der Waals surface area (Å²) in [5.41, 5.74) is 2.04. The molecule has 1 aliphatic carbocycles. The van der Waals surface area contributed by atoms with Crippen molar-refractivity contribution in [2.45, 2.75) is 18.8 Å². The maximum absolute atomic E-state index is 13.9. The van der Waals surface area contributed by atoms with Gasteiger partial charge in [-0.1, -0.05) is 22.0 Å². The largest absolute Gasteiger partial charge is 0.293 e. The molecule has 0 amide bonds.